The van der Waals surface area contributed by atoms with Crippen LogP contribution in [0.25, 0.3) is 0 Å². The fourth-order valence-electron chi connectivity index (χ4n) is 8.48. The normalized spacial score (nSPS) is 21.3. The maximum atomic E-state index is 13.1. The number of ether oxygens (including phenoxy) is 1. The molecule has 0 saturated carbocycles. The van der Waals surface area contributed by atoms with Gasteiger partial charge in [-0.1, -0.05) is 66.7 Å². The summed E-state index contributed by atoms with van der Waals surface area (Å²) in [6.07, 6.45) is 6.02. The number of phenols is 1. The number of aromatic hydroxyl groups is 1. The van der Waals surface area contributed by atoms with Gasteiger partial charge in [-0.2, -0.15) is 0 Å². The number of hydrogen-bond acceptors (Lipinski definition) is 6. The van der Waals surface area contributed by atoms with Crippen LogP contribution in [0.2, 0.25) is 0 Å². The van der Waals surface area contributed by atoms with E-state index in [4.69, 9.17) is 4.74 Å². The average molecular weight is 665 g/mol. The number of anilines is 2. The minimum Gasteiger partial charge on any atom is -0.508 e. The summed E-state index contributed by atoms with van der Waals surface area (Å²) >= 11 is 0. The van der Waals surface area contributed by atoms with Crippen LogP contribution in [-0.2, 0) is 6.42 Å². The second-order valence-electron chi connectivity index (χ2n) is 14.2. The van der Waals surface area contributed by atoms with Crippen LogP contribution < -0.4 is 19.9 Å². The van der Waals surface area contributed by atoms with E-state index in [1.165, 1.54) is 34.4 Å². The van der Waals surface area contributed by atoms with Crippen LogP contribution >= 0.6 is 0 Å². The average Bonchev–Trinajstić information content (AvgIpc) is 3.80. The molecular formula is C43H44N4O3. The van der Waals surface area contributed by atoms with E-state index in [1.807, 2.05) is 24.3 Å². The number of aryl methyl sites for hydroxylation is 1. The van der Waals surface area contributed by atoms with Crippen molar-refractivity contribution in [3.8, 4) is 11.5 Å². The first kappa shape index (κ1) is 31.9. The van der Waals surface area contributed by atoms with Crippen LogP contribution in [-0.4, -0.2) is 55.3 Å². The molecule has 8 rings (SSSR count). The summed E-state index contributed by atoms with van der Waals surface area (Å²) in [5.74, 6) is 2.38. The van der Waals surface area contributed by atoms with E-state index >= 15 is 0 Å². The molecule has 7 heteroatoms. The van der Waals surface area contributed by atoms with Crippen LogP contribution in [0.3, 0.4) is 0 Å². The molecule has 1 spiro atoms. The van der Waals surface area contributed by atoms with Gasteiger partial charge in [-0.15, -0.1) is 0 Å². The maximum Gasteiger partial charge on any atom is 0.251 e. The van der Waals surface area contributed by atoms with Crippen molar-refractivity contribution in [3.63, 3.8) is 0 Å². The molecule has 2 saturated heterocycles. The Bertz CT molecular complexity index is 1930. The molecule has 2 N–H and O–H groups in total. The topological polar surface area (TPSA) is 77.9 Å². The number of nitrogens with zero attached hydrogens (tertiary/aromatic N) is 3. The lowest BCUT2D eigenvalue weighted by Crippen LogP contribution is -2.31. The van der Waals surface area contributed by atoms with Crippen LogP contribution in [0.5, 0.6) is 11.5 Å². The first-order valence-electron chi connectivity index (χ1n) is 17.9. The van der Waals surface area contributed by atoms with Gasteiger partial charge in [0.2, 0.25) is 0 Å². The van der Waals surface area contributed by atoms with Crippen molar-refractivity contribution < 1.29 is 14.6 Å². The minimum absolute atomic E-state index is 0.119. The molecule has 3 heterocycles. The third-order valence-corrected chi connectivity index (χ3v) is 11.0. The van der Waals surface area contributed by atoms with Crippen LogP contribution in [0.4, 0.5) is 11.5 Å². The lowest BCUT2D eigenvalue weighted by molar-refractivity contribution is 0.0947. The molecule has 2 fully saturated rings. The van der Waals surface area contributed by atoms with Gasteiger partial charge in [-0.05, 0) is 102 Å². The van der Waals surface area contributed by atoms with E-state index in [1.54, 1.807) is 18.3 Å². The predicted molar refractivity (Wildman–Crippen MR) is 198 cm³/mol. The van der Waals surface area contributed by atoms with E-state index in [2.05, 4.69) is 99.0 Å². The highest BCUT2D eigenvalue weighted by molar-refractivity contribution is 5.94. The summed E-state index contributed by atoms with van der Waals surface area (Å²) in [5, 5.41) is 13.2. The molecule has 0 bridgehead atoms. The third-order valence-electron chi connectivity index (χ3n) is 11.0. The van der Waals surface area contributed by atoms with Crippen molar-refractivity contribution in [1.29, 1.82) is 0 Å². The zero-order chi connectivity index (χ0) is 33.9. The molecule has 0 radical (unpaired) electrons. The number of amides is 1. The summed E-state index contributed by atoms with van der Waals surface area (Å²) < 4.78 is 6.06. The number of fused-ring (bicyclic) bond motifs is 1. The number of hydrogen-bond donors (Lipinski definition) is 2. The van der Waals surface area contributed by atoms with Crippen molar-refractivity contribution in [2.45, 2.75) is 37.5 Å². The number of para-hydroxylation sites is 1. The fourth-order valence-corrected chi connectivity index (χ4v) is 8.48. The van der Waals surface area contributed by atoms with Crippen molar-refractivity contribution in [1.82, 2.24) is 10.3 Å². The number of benzene rings is 4. The van der Waals surface area contributed by atoms with Crippen molar-refractivity contribution in [2.24, 2.45) is 5.41 Å². The van der Waals surface area contributed by atoms with E-state index in [0.29, 0.717) is 30.4 Å². The van der Waals surface area contributed by atoms with Crippen LogP contribution in [0.1, 0.15) is 63.7 Å². The standard InChI is InChI=1S/C43H44N4O3/c48-36-14-18-39-33(27-36)13-17-38(31-7-3-1-4-8-31)41(39)32-11-15-37(16-12-32)50-26-23-45-42(49)34-19-22-44-40(28-34)47-25-21-43(30-47)20-24-46(29-43)35-9-5-2-6-10-35/h1-12,14-16,18-19,22,27-28,38,41,48H,13,17,20-21,23-26,29-30H2,(H,45,49)/t38-,41+,43?/m1/s1. The number of rotatable bonds is 9. The molecule has 7 nitrogen and oxygen atoms in total. The SMILES string of the molecule is O=C(NCCOc1ccc([C@@H]2c3ccc(O)cc3CC[C@@H]2c2ccccc2)cc1)c1ccnc(N2CCC3(CCN(c4ccccc4)C3)C2)c1. The number of nitrogens with one attached hydrogen (secondary N) is 1. The van der Waals surface area contributed by atoms with Gasteiger partial charge in [0, 0.05) is 55.0 Å². The van der Waals surface area contributed by atoms with Gasteiger partial charge >= 0.3 is 0 Å². The molecule has 1 aromatic heterocycles. The highest BCUT2D eigenvalue weighted by atomic mass is 16.5. The summed E-state index contributed by atoms with van der Waals surface area (Å²) in [6.45, 7) is 4.83. The van der Waals surface area contributed by atoms with Gasteiger partial charge in [0.25, 0.3) is 5.91 Å². The Hall–Kier alpha value is -5.30. The van der Waals surface area contributed by atoms with E-state index in [0.717, 1.165) is 57.0 Å². The van der Waals surface area contributed by atoms with Gasteiger partial charge in [0.1, 0.15) is 23.9 Å². The quantitative estimate of drug-likeness (QED) is 0.158. The molecule has 5 aromatic rings. The second-order valence-corrected chi connectivity index (χ2v) is 14.2. The molecular weight excluding hydrogens is 620 g/mol. The molecule has 1 aliphatic carbocycles. The number of pyridine rings is 1. The Kier molecular flexibility index (Phi) is 8.88. The van der Waals surface area contributed by atoms with E-state index in [9.17, 15) is 9.90 Å². The first-order chi connectivity index (χ1) is 24.5. The molecule has 1 amide bonds. The maximum absolute atomic E-state index is 13.1. The molecule has 4 aromatic carbocycles. The zero-order valence-corrected chi connectivity index (χ0v) is 28.4. The Morgan fingerprint density at radius 3 is 2.38 bits per heavy atom. The smallest absolute Gasteiger partial charge is 0.251 e. The molecule has 3 atom stereocenters. The minimum atomic E-state index is -0.119. The Morgan fingerprint density at radius 1 is 0.840 bits per heavy atom. The monoisotopic (exact) mass is 664 g/mol. The molecule has 50 heavy (non-hydrogen) atoms. The van der Waals surface area contributed by atoms with Gasteiger partial charge < -0.3 is 25.0 Å². The molecule has 1 unspecified atom stereocenters. The molecule has 2 aliphatic heterocycles. The summed E-state index contributed by atoms with van der Waals surface area (Å²) in [6, 6.07) is 39.3. The first-order valence-corrected chi connectivity index (χ1v) is 17.9. The molecule has 254 valence electrons. The second kappa shape index (κ2) is 13.9. The van der Waals surface area contributed by atoms with Gasteiger partial charge in [0.15, 0.2) is 0 Å². The summed E-state index contributed by atoms with van der Waals surface area (Å²) in [7, 11) is 0. The Balaban J connectivity index is 0.859. The van der Waals surface area contributed by atoms with Crippen molar-refractivity contribution in [3.05, 3.63) is 149 Å². The van der Waals surface area contributed by atoms with Gasteiger partial charge in [-0.3, -0.25) is 4.79 Å². The highest BCUT2D eigenvalue weighted by Gasteiger charge is 2.44. The van der Waals surface area contributed by atoms with E-state index in [-0.39, 0.29) is 17.2 Å². The van der Waals surface area contributed by atoms with Crippen LogP contribution in [0.15, 0.2) is 121 Å². The summed E-state index contributed by atoms with van der Waals surface area (Å²) in [5.41, 5.74) is 7.23. The zero-order valence-electron chi connectivity index (χ0n) is 28.4. The Labute approximate surface area is 294 Å². The summed E-state index contributed by atoms with van der Waals surface area (Å²) in [4.78, 5) is 22.6. The third kappa shape index (κ3) is 6.65. The largest absolute Gasteiger partial charge is 0.508 e. The van der Waals surface area contributed by atoms with Crippen LogP contribution in [0, 0.1) is 5.41 Å². The fraction of sp³-hybridized carbons (Fsp3) is 0.302. The lowest BCUT2D eigenvalue weighted by Gasteiger charge is -2.34. The number of carbonyl (C=O) groups is 1. The Morgan fingerprint density at radius 2 is 1.58 bits per heavy atom. The lowest BCUT2D eigenvalue weighted by atomic mass is 9.69. The number of carbonyl (C=O) groups excluding carboxylic acids is 1. The van der Waals surface area contributed by atoms with Crippen molar-refractivity contribution >= 4 is 17.4 Å². The van der Waals surface area contributed by atoms with Gasteiger partial charge in [0.05, 0.1) is 6.54 Å². The number of aromatic nitrogens is 1. The number of phenolic OH excluding ortho intramolecular Hbond substituents is 1. The predicted octanol–water partition coefficient (Wildman–Crippen LogP) is 7.56. The van der Waals surface area contributed by atoms with Crippen molar-refractivity contribution in [2.75, 3.05) is 49.1 Å². The molecule has 3 aliphatic rings. The van der Waals surface area contributed by atoms with E-state index < -0.39 is 0 Å². The highest BCUT2D eigenvalue weighted by Crippen LogP contribution is 2.47. The van der Waals surface area contributed by atoms with Gasteiger partial charge in [-0.25, -0.2) is 4.98 Å².